The molecule has 1 saturated heterocycles. The van der Waals surface area contributed by atoms with Crippen molar-refractivity contribution >= 4 is 5.91 Å². The molecule has 28 heavy (non-hydrogen) atoms. The molecule has 0 unspecified atom stereocenters. The number of carbonyl (C=O) groups excluding carboxylic acids is 1. The first-order valence-electron chi connectivity index (χ1n) is 9.49. The number of aryl methyl sites for hydroxylation is 2. The van der Waals surface area contributed by atoms with Gasteiger partial charge >= 0.3 is 0 Å². The van der Waals surface area contributed by atoms with Crippen molar-refractivity contribution in [3.05, 3.63) is 71.3 Å². The number of amides is 1. The third-order valence-electron chi connectivity index (χ3n) is 5.11. The van der Waals surface area contributed by atoms with Crippen LogP contribution in [0.5, 0.6) is 0 Å². The average molecular weight is 380 g/mol. The minimum Gasteiger partial charge on any atom is -0.465 e. The summed E-state index contributed by atoms with van der Waals surface area (Å²) in [5, 5.41) is 11.3. The molecular weight excluding hydrogens is 356 g/mol. The van der Waals surface area contributed by atoms with Crippen LogP contribution in [0.25, 0.3) is 0 Å². The number of hydrogen-bond donors (Lipinski definition) is 1. The molecule has 1 N–H and O–H groups in total. The van der Waals surface area contributed by atoms with Gasteiger partial charge in [-0.05, 0) is 31.2 Å². The Morgan fingerprint density at radius 1 is 1.11 bits per heavy atom. The minimum atomic E-state index is -0.0684. The molecule has 146 valence electrons. The van der Waals surface area contributed by atoms with E-state index < -0.39 is 0 Å². The molecule has 7 nitrogen and oxygen atoms in total. The Morgan fingerprint density at radius 3 is 2.61 bits per heavy atom. The first-order chi connectivity index (χ1) is 13.6. The van der Waals surface area contributed by atoms with E-state index in [0.717, 1.165) is 31.2 Å². The summed E-state index contributed by atoms with van der Waals surface area (Å²) in [6.07, 6.45) is 0. The second-order valence-electron chi connectivity index (χ2n) is 7.31. The van der Waals surface area contributed by atoms with Gasteiger partial charge in [-0.25, -0.2) is 0 Å². The number of benzene rings is 1. The topological polar surface area (TPSA) is 84.4 Å². The summed E-state index contributed by atoms with van der Waals surface area (Å²) in [5.74, 6) is 3.23. The first kappa shape index (κ1) is 18.4. The number of nitrogens with zero attached hydrogens (tertiary/aromatic N) is 3. The molecule has 3 aromatic rings. The van der Waals surface area contributed by atoms with Crippen LogP contribution in [-0.4, -0.2) is 40.6 Å². The van der Waals surface area contributed by atoms with Crippen molar-refractivity contribution in [1.29, 1.82) is 0 Å². The normalized spacial score (nSPS) is 19.8. The monoisotopic (exact) mass is 380 g/mol. The number of likely N-dealkylation sites (tertiary alicyclic amines) is 1. The highest BCUT2D eigenvalue weighted by Crippen LogP contribution is 2.32. The number of aromatic nitrogens is 2. The Morgan fingerprint density at radius 2 is 1.93 bits per heavy atom. The SMILES string of the molecule is Cc1ccc(CN2C[C@H](CNC(=O)c3ccccc3)[C@@H](c3nnc(C)o3)C2)o1. The fraction of sp³-hybridized carbons (Fsp3) is 0.381. The molecule has 0 radical (unpaired) electrons. The number of nitrogens with one attached hydrogen (secondary N) is 1. The second-order valence-corrected chi connectivity index (χ2v) is 7.31. The Labute approximate surface area is 163 Å². The van der Waals surface area contributed by atoms with Gasteiger partial charge in [-0.1, -0.05) is 18.2 Å². The molecule has 0 spiro atoms. The van der Waals surface area contributed by atoms with E-state index in [1.807, 2.05) is 49.4 Å². The second kappa shape index (κ2) is 7.98. The van der Waals surface area contributed by atoms with Gasteiger partial charge in [0.25, 0.3) is 5.91 Å². The van der Waals surface area contributed by atoms with Crippen LogP contribution in [-0.2, 0) is 6.54 Å². The first-order valence-corrected chi connectivity index (χ1v) is 9.49. The van der Waals surface area contributed by atoms with Crippen LogP contribution in [0.15, 0.2) is 51.3 Å². The number of carbonyl (C=O) groups is 1. The molecule has 1 amide bonds. The van der Waals surface area contributed by atoms with E-state index in [-0.39, 0.29) is 17.7 Å². The van der Waals surface area contributed by atoms with E-state index in [1.165, 1.54) is 0 Å². The van der Waals surface area contributed by atoms with Gasteiger partial charge in [0.2, 0.25) is 11.8 Å². The number of rotatable bonds is 6. The quantitative estimate of drug-likeness (QED) is 0.708. The standard InChI is InChI=1S/C21H24N4O3/c1-14-8-9-18(27-14)12-25-11-17(19(13-25)21-24-23-15(2)28-21)10-22-20(26)16-6-4-3-5-7-16/h3-9,17,19H,10-13H2,1-2H3,(H,22,26)/t17-,19-/m0/s1. The summed E-state index contributed by atoms with van der Waals surface area (Å²) in [6, 6.07) is 13.2. The lowest BCUT2D eigenvalue weighted by molar-refractivity contribution is 0.0945. The molecule has 2 atom stereocenters. The molecule has 4 rings (SSSR count). The van der Waals surface area contributed by atoms with Crippen LogP contribution in [0.1, 0.15) is 39.6 Å². The maximum atomic E-state index is 12.4. The van der Waals surface area contributed by atoms with Gasteiger partial charge in [0.15, 0.2) is 0 Å². The predicted octanol–water partition coefficient (Wildman–Crippen LogP) is 2.93. The molecule has 0 saturated carbocycles. The van der Waals surface area contributed by atoms with Crippen LogP contribution in [0.4, 0.5) is 0 Å². The predicted molar refractivity (Wildman–Crippen MR) is 103 cm³/mol. The van der Waals surface area contributed by atoms with Crippen LogP contribution >= 0.6 is 0 Å². The molecule has 7 heteroatoms. The van der Waals surface area contributed by atoms with E-state index >= 15 is 0 Å². The van der Waals surface area contributed by atoms with Crippen molar-refractivity contribution in [3.8, 4) is 0 Å². The summed E-state index contributed by atoms with van der Waals surface area (Å²) in [7, 11) is 0. The maximum Gasteiger partial charge on any atom is 0.251 e. The maximum absolute atomic E-state index is 12.4. The number of hydrogen-bond acceptors (Lipinski definition) is 6. The van der Waals surface area contributed by atoms with Crippen LogP contribution in [0.3, 0.4) is 0 Å². The molecule has 1 fully saturated rings. The smallest absolute Gasteiger partial charge is 0.251 e. The lowest BCUT2D eigenvalue weighted by atomic mass is 9.96. The van der Waals surface area contributed by atoms with Crippen molar-refractivity contribution in [2.75, 3.05) is 19.6 Å². The summed E-state index contributed by atoms with van der Waals surface area (Å²) in [6.45, 7) is 6.61. The van der Waals surface area contributed by atoms with Crippen LogP contribution < -0.4 is 5.32 Å². The van der Waals surface area contributed by atoms with Crippen molar-refractivity contribution in [3.63, 3.8) is 0 Å². The summed E-state index contributed by atoms with van der Waals surface area (Å²) in [4.78, 5) is 14.7. The summed E-state index contributed by atoms with van der Waals surface area (Å²) in [5.41, 5.74) is 0.661. The van der Waals surface area contributed by atoms with Gasteiger partial charge in [0.1, 0.15) is 11.5 Å². The summed E-state index contributed by atoms with van der Waals surface area (Å²) >= 11 is 0. The van der Waals surface area contributed by atoms with Gasteiger partial charge in [-0.15, -0.1) is 10.2 Å². The molecule has 0 bridgehead atoms. The zero-order chi connectivity index (χ0) is 19.5. The van der Waals surface area contributed by atoms with Gasteiger partial charge < -0.3 is 14.2 Å². The molecule has 2 aromatic heterocycles. The van der Waals surface area contributed by atoms with Crippen LogP contribution in [0.2, 0.25) is 0 Å². The van der Waals surface area contributed by atoms with Crippen molar-refractivity contribution in [2.45, 2.75) is 26.3 Å². The summed E-state index contributed by atoms with van der Waals surface area (Å²) < 4.78 is 11.4. The Balaban J connectivity index is 1.45. The Hall–Kier alpha value is -2.93. The third kappa shape index (κ3) is 4.14. The minimum absolute atomic E-state index is 0.0684. The zero-order valence-corrected chi connectivity index (χ0v) is 16.1. The fourth-order valence-electron chi connectivity index (χ4n) is 3.74. The molecule has 3 heterocycles. The van der Waals surface area contributed by atoms with E-state index in [9.17, 15) is 4.79 Å². The zero-order valence-electron chi connectivity index (χ0n) is 16.1. The molecule has 1 aliphatic heterocycles. The van der Waals surface area contributed by atoms with Gasteiger partial charge in [0.05, 0.1) is 12.5 Å². The largest absolute Gasteiger partial charge is 0.465 e. The van der Waals surface area contributed by atoms with Crippen LogP contribution in [0, 0.1) is 19.8 Å². The molecule has 1 aromatic carbocycles. The Kier molecular flexibility index (Phi) is 5.25. The fourth-order valence-corrected chi connectivity index (χ4v) is 3.74. The Bertz CT molecular complexity index is 934. The lowest BCUT2D eigenvalue weighted by Gasteiger charge is -2.16. The average Bonchev–Trinajstić information content (AvgIpc) is 3.41. The molecular formula is C21H24N4O3. The van der Waals surface area contributed by atoms with Crippen molar-refractivity contribution < 1.29 is 13.6 Å². The van der Waals surface area contributed by atoms with E-state index in [0.29, 0.717) is 23.9 Å². The third-order valence-corrected chi connectivity index (χ3v) is 5.11. The highest BCUT2D eigenvalue weighted by atomic mass is 16.4. The highest BCUT2D eigenvalue weighted by Gasteiger charge is 2.37. The van der Waals surface area contributed by atoms with Gasteiger partial charge in [-0.2, -0.15) is 0 Å². The lowest BCUT2D eigenvalue weighted by Crippen LogP contribution is -2.32. The van der Waals surface area contributed by atoms with E-state index in [2.05, 4.69) is 20.4 Å². The van der Waals surface area contributed by atoms with Gasteiger partial charge in [-0.3, -0.25) is 9.69 Å². The molecule has 1 aliphatic rings. The van der Waals surface area contributed by atoms with E-state index in [4.69, 9.17) is 8.83 Å². The van der Waals surface area contributed by atoms with Gasteiger partial charge in [0, 0.05) is 38.0 Å². The molecule has 0 aliphatic carbocycles. The highest BCUT2D eigenvalue weighted by molar-refractivity contribution is 5.94. The van der Waals surface area contributed by atoms with E-state index in [1.54, 1.807) is 6.92 Å². The van der Waals surface area contributed by atoms with Crippen molar-refractivity contribution in [1.82, 2.24) is 20.4 Å². The van der Waals surface area contributed by atoms with Crippen molar-refractivity contribution in [2.24, 2.45) is 5.92 Å². The number of furan rings is 1.